The van der Waals surface area contributed by atoms with Crippen LogP contribution in [0.1, 0.15) is 21.5 Å². The molecule has 0 saturated carbocycles. The van der Waals surface area contributed by atoms with Gasteiger partial charge in [0.05, 0.1) is 22.1 Å². The second kappa shape index (κ2) is 10.0. The van der Waals surface area contributed by atoms with Crippen LogP contribution in [0.5, 0.6) is 11.5 Å². The zero-order chi connectivity index (χ0) is 26.9. The number of alkyl halides is 5. The quantitative estimate of drug-likeness (QED) is 0.350. The van der Waals surface area contributed by atoms with Gasteiger partial charge in [0.2, 0.25) is 10.0 Å². The zero-order valence-electron chi connectivity index (χ0n) is 17.8. The number of carbonyl (C=O) groups is 1. The van der Waals surface area contributed by atoms with Crippen molar-refractivity contribution in [3.8, 4) is 11.5 Å². The second-order valence-electron chi connectivity index (χ2n) is 7.34. The number of aliphatic hydroxyl groups excluding tert-OH is 1. The van der Waals surface area contributed by atoms with Crippen LogP contribution < -0.4 is 15.2 Å². The summed E-state index contributed by atoms with van der Waals surface area (Å²) in [6.07, 6.45) is -5.93. The van der Waals surface area contributed by atoms with Gasteiger partial charge in [-0.3, -0.25) is 4.79 Å². The number of hydrogen-bond acceptors (Lipinski definition) is 5. The summed E-state index contributed by atoms with van der Waals surface area (Å²) >= 11 is 6.05. The average molecular weight is 551 g/mol. The largest absolute Gasteiger partial charge is 0.458 e. The summed E-state index contributed by atoms with van der Waals surface area (Å²) in [6, 6.07) is 10.0. The van der Waals surface area contributed by atoms with Gasteiger partial charge in [-0.1, -0.05) is 29.8 Å². The van der Waals surface area contributed by atoms with Crippen LogP contribution in [0.2, 0.25) is 5.02 Å². The fourth-order valence-electron chi connectivity index (χ4n) is 2.95. The number of halogens is 6. The fraction of sp³-hybridized carbons (Fsp3) is 0.136. The molecule has 0 fully saturated rings. The van der Waals surface area contributed by atoms with Gasteiger partial charge in [-0.15, -0.1) is 0 Å². The van der Waals surface area contributed by atoms with Crippen molar-refractivity contribution in [2.24, 2.45) is 5.14 Å². The van der Waals surface area contributed by atoms with Crippen molar-refractivity contribution >= 4 is 33.2 Å². The summed E-state index contributed by atoms with van der Waals surface area (Å²) in [7, 11) is -4.12. The number of ether oxygens (including phenoxy) is 1. The Balaban J connectivity index is 2.06. The monoisotopic (exact) mass is 550 g/mol. The predicted molar refractivity (Wildman–Crippen MR) is 120 cm³/mol. The first kappa shape index (κ1) is 27.3. The van der Waals surface area contributed by atoms with E-state index in [0.717, 1.165) is 12.1 Å². The molecule has 0 aromatic heterocycles. The number of nitrogens with two attached hydrogens (primary N) is 1. The van der Waals surface area contributed by atoms with Crippen LogP contribution in [0.3, 0.4) is 0 Å². The van der Waals surface area contributed by atoms with E-state index in [4.69, 9.17) is 21.5 Å². The molecule has 1 amide bonds. The molecule has 14 heteroatoms. The van der Waals surface area contributed by atoms with Gasteiger partial charge in [0.25, 0.3) is 5.91 Å². The van der Waals surface area contributed by atoms with Crippen LogP contribution >= 0.6 is 11.6 Å². The Bertz CT molecular complexity index is 1410. The lowest BCUT2D eigenvalue weighted by atomic mass is 10.0. The Morgan fingerprint density at radius 2 is 1.69 bits per heavy atom. The van der Waals surface area contributed by atoms with Crippen LogP contribution in [-0.2, 0) is 22.6 Å². The third kappa shape index (κ3) is 5.93. The number of amides is 1. The first-order valence-corrected chi connectivity index (χ1v) is 11.7. The van der Waals surface area contributed by atoms with E-state index >= 15 is 0 Å². The molecular formula is C22H16ClF5N2O5S. The molecule has 7 nitrogen and oxygen atoms in total. The second-order valence-corrected chi connectivity index (χ2v) is 9.30. The number of rotatable bonds is 7. The first-order valence-electron chi connectivity index (χ1n) is 9.74. The summed E-state index contributed by atoms with van der Waals surface area (Å²) in [4.78, 5) is 12.5. The van der Waals surface area contributed by atoms with E-state index in [2.05, 4.69) is 5.32 Å². The average Bonchev–Trinajstić information content (AvgIpc) is 2.79. The lowest BCUT2D eigenvalue weighted by molar-refractivity contribution is -0.289. The van der Waals surface area contributed by atoms with Gasteiger partial charge in [0.15, 0.2) is 0 Å². The van der Waals surface area contributed by atoms with Gasteiger partial charge >= 0.3 is 12.1 Å². The van der Waals surface area contributed by atoms with Crippen LogP contribution in [0.4, 0.5) is 27.6 Å². The number of anilines is 1. The normalized spacial score (nSPS) is 12.3. The van der Waals surface area contributed by atoms with Gasteiger partial charge in [-0.2, -0.15) is 22.0 Å². The molecule has 0 unspecified atom stereocenters. The minimum atomic E-state index is -5.93. The number of nitrogens with one attached hydrogen (secondary N) is 1. The molecule has 0 bridgehead atoms. The van der Waals surface area contributed by atoms with Gasteiger partial charge in [0.1, 0.15) is 11.5 Å². The number of aliphatic hydroxyl groups is 1. The van der Waals surface area contributed by atoms with Crippen molar-refractivity contribution in [2.75, 3.05) is 5.32 Å². The van der Waals surface area contributed by atoms with Crippen molar-refractivity contribution in [2.45, 2.75) is 23.6 Å². The number of carbonyl (C=O) groups excluding carboxylic acids is 1. The van der Waals surface area contributed by atoms with Gasteiger partial charge < -0.3 is 15.2 Å². The topological polar surface area (TPSA) is 119 Å². The Morgan fingerprint density at radius 1 is 1.00 bits per heavy atom. The molecule has 0 aliphatic carbocycles. The summed E-state index contributed by atoms with van der Waals surface area (Å²) in [5, 5.41) is 16.4. The highest BCUT2D eigenvalue weighted by molar-refractivity contribution is 7.89. The molecule has 3 aromatic rings. The lowest BCUT2D eigenvalue weighted by Gasteiger charge is -2.21. The predicted octanol–water partition coefficient (Wildman–Crippen LogP) is 5.18. The molecule has 0 radical (unpaired) electrons. The van der Waals surface area contributed by atoms with Crippen molar-refractivity contribution in [3.05, 3.63) is 82.4 Å². The molecule has 0 saturated heterocycles. The van der Waals surface area contributed by atoms with Crippen LogP contribution in [0.25, 0.3) is 0 Å². The maximum Gasteiger partial charge on any atom is 0.458 e. The molecule has 0 aliphatic rings. The number of primary sulfonamides is 1. The SMILES string of the molecule is NS(=O)(=O)c1cccc(NC(=O)c2ccc(C(F)(F)C(F)(F)F)cc2Oc2ccc(CO)cc2Cl)c1. The van der Waals surface area contributed by atoms with Crippen LogP contribution in [0.15, 0.2) is 65.6 Å². The van der Waals surface area contributed by atoms with Gasteiger partial charge in [0, 0.05) is 11.3 Å². The molecule has 0 heterocycles. The minimum absolute atomic E-state index is 0.0625. The van der Waals surface area contributed by atoms with Crippen molar-refractivity contribution in [1.82, 2.24) is 0 Å². The van der Waals surface area contributed by atoms with Crippen molar-refractivity contribution in [3.63, 3.8) is 0 Å². The van der Waals surface area contributed by atoms with E-state index in [9.17, 15) is 40.3 Å². The maximum absolute atomic E-state index is 14.0. The molecule has 0 spiro atoms. The highest BCUT2D eigenvalue weighted by Crippen LogP contribution is 2.45. The molecule has 192 valence electrons. The third-order valence-corrected chi connectivity index (χ3v) is 5.97. The van der Waals surface area contributed by atoms with Crippen LogP contribution in [0, 0.1) is 0 Å². The van der Waals surface area contributed by atoms with Crippen molar-refractivity contribution in [1.29, 1.82) is 0 Å². The van der Waals surface area contributed by atoms with E-state index in [1.807, 2.05) is 0 Å². The first-order chi connectivity index (χ1) is 16.6. The molecule has 3 rings (SSSR count). The minimum Gasteiger partial charge on any atom is -0.455 e. The standard InChI is InChI=1S/C22H16ClF5N2O5S/c23-17-8-12(11-31)4-7-18(17)35-19-9-13(21(24,25)22(26,27)28)5-6-16(19)20(32)30-14-2-1-3-15(10-14)36(29,33)34/h1-10,31H,11H2,(H,30,32)(H2,29,33,34). The maximum atomic E-state index is 14.0. The number of benzene rings is 3. The highest BCUT2D eigenvalue weighted by Gasteiger charge is 2.58. The molecule has 0 atom stereocenters. The third-order valence-electron chi connectivity index (χ3n) is 4.76. The summed E-state index contributed by atoms with van der Waals surface area (Å²) in [5.74, 6) is -7.20. The molecule has 4 N–H and O–H groups in total. The van der Waals surface area contributed by atoms with E-state index in [0.29, 0.717) is 23.8 Å². The number of hydrogen-bond donors (Lipinski definition) is 3. The Kier molecular flexibility index (Phi) is 7.60. The Labute approximate surface area is 206 Å². The molecular weight excluding hydrogens is 535 g/mol. The summed E-state index contributed by atoms with van der Waals surface area (Å²) in [6.45, 7) is -0.390. The van der Waals surface area contributed by atoms with E-state index in [-0.39, 0.29) is 21.4 Å². The van der Waals surface area contributed by atoms with Gasteiger partial charge in [-0.25, -0.2) is 13.6 Å². The van der Waals surface area contributed by atoms with Crippen LogP contribution in [-0.4, -0.2) is 25.6 Å². The van der Waals surface area contributed by atoms with E-state index < -0.39 is 51.5 Å². The molecule has 0 aliphatic heterocycles. The van der Waals surface area contributed by atoms with E-state index in [1.54, 1.807) is 0 Å². The summed E-state index contributed by atoms with van der Waals surface area (Å²) in [5.41, 5.74) is -1.68. The van der Waals surface area contributed by atoms with Gasteiger partial charge in [-0.05, 0) is 48.0 Å². The Morgan fingerprint density at radius 3 is 2.28 bits per heavy atom. The van der Waals surface area contributed by atoms with E-state index in [1.165, 1.54) is 30.3 Å². The Hall–Kier alpha value is -3.26. The van der Waals surface area contributed by atoms with Crippen molar-refractivity contribution < 1.29 is 45.0 Å². The summed E-state index contributed by atoms with van der Waals surface area (Å²) < 4.78 is 95.3. The number of sulfonamides is 1. The lowest BCUT2D eigenvalue weighted by Crippen LogP contribution is -2.33. The highest BCUT2D eigenvalue weighted by atomic mass is 35.5. The molecule has 3 aromatic carbocycles. The fourth-order valence-corrected chi connectivity index (χ4v) is 3.75. The molecule has 36 heavy (non-hydrogen) atoms. The zero-order valence-corrected chi connectivity index (χ0v) is 19.4. The smallest absolute Gasteiger partial charge is 0.455 e.